The standard InChI is InChI=1S/C16H19N5O2S/c1-9-4-2-5-10-11(9)12-14-19-13(15(23)17-6-3-7-22)20-21(14)8-18-16(12)24-10/h8-9,22H,2-7H2,1H3,(H,17,23)/t9-/m1/s1. The zero-order chi connectivity index (χ0) is 16.7. The fourth-order valence-corrected chi connectivity index (χ4v) is 4.64. The van der Waals surface area contributed by atoms with Gasteiger partial charge in [-0.25, -0.2) is 14.5 Å². The number of amides is 1. The quantitative estimate of drug-likeness (QED) is 0.705. The summed E-state index contributed by atoms with van der Waals surface area (Å²) in [5, 5.41) is 16.8. The van der Waals surface area contributed by atoms with E-state index in [1.54, 1.807) is 22.2 Å². The van der Waals surface area contributed by atoms with E-state index in [0.29, 0.717) is 24.5 Å². The van der Waals surface area contributed by atoms with Crippen molar-refractivity contribution >= 4 is 33.1 Å². The lowest BCUT2D eigenvalue weighted by atomic mass is 9.87. The summed E-state index contributed by atoms with van der Waals surface area (Å²) in [5.74, 6) is 0.303. The molecule has 1 atom stereocenters. The van der Waals surface area contributed by atoms with Crippen LogP contribution in [0.3, 0.4) is 0 Å². The first-order valence-corrected chi connectivity index (χ1v) is 9.06. The molecule has 7 nitrogen and oxygen atoms in total. The highest BCUT2D eigenvalue weighted by atomic mass is 32.1. The van der Waals surface area contributed by atoms with Crippen LogP contribution in [0, 0.1) is 0 Å². The molecule has 3 aromatic heterocycles. The molecule has 0 aromatic carbocycles. The molecule has 0 radical (unpaired) electrons. The predicted molar refractivity (Wildman–Crippen MR) is 91.6 cm³/mol. The van der Waals surface area contributed by atoms with Crippen LogP contribution in [0.25, 0.3) is 15.9 Å². The van der Waals surface area contributed by atoms with E-state index in [4.69, 9.17) is 5.11 Å². The van der Waals surface area contributed by atoms with Crippen LogP contribution in [-0.2, 0) is 6.42 Å². The number of hydrogen-bond acceptors (Lipinski definition) is 6. The first-order chi connectivity index (χ1) is 11.7. The number of rotatable bonds is 4. The van der Waals surface area contributed by atoms with E-state index in [9.17, 15) is 4.79 Å². The topological polar surface area (TPSA) is 92.4 Å². The monoisotopic (exact) mass is 345 g/mol. The summed E-state index contributed by atoms with van der Waals surface area (Å²) in [5.41, 5.74) is 2.04. The minimum absolute atomic E-state index is 0.0440. The van der Waals surface area contributed by atoms with Crippen LogP contribution < -0.4 is 5.32 Å². The molecule has 8 heteroatoms. The second-order valence-electron chi connectivity index (χ2n) is 6.19. The van der Waals surface area contributed by atoms with Crippen molar-refractivity contribution in [3.8, 4) is 0 Å². The number of thiophene rings is 1. The number of hydrogen-bond donors (Lipinski definition) is 2. The summed E-state index contributed by atoms with van der Waals surface area (Å²) in [4.78, 5) is 23.5. The number of aryl methyl sites for hydroxylation is 1. The number of nitrogens with zero attached hydrogens (tertiary/aromatic N) is 4. The second-order valence-corrected chi connectivity index (χ2v) is 7.28. The van der Waals surface area contributed by atoms with E-state index in [2.05, 4.69) is 27.3 Å². The minimum atomic E-state index is -0.322. The van der Waals surface area contributed by atoms with Crippen LogP contribution in [0.4, 0.5) is 0 Å². The molecule has 1 amide bonds. The van der Waals surface area contributed by atoms with Gasteiger partial charge in [-0.05, 0) is 37.2 Å². The van der Waals surface area contributed by atoms with Crippen molar-refractivity contribution in [1.29, 1.82) is 0 Å². The molecule has 24 heavy (non-hydrogen) atoms. The van der Waals surface area contributed by atoms with E-state index in [1.807, 2.05) is 0 Å². The first-order valence-electron chi connectivity index (χ1n) is 8.24. The van der Waals surface area contributed by atoms with Gasteiger partial charge in [-0.3, -0.25) is 4.79 Å². The van der Waals surface area contributed by atoms with Gasteiger partial charge in [-0.1, -0.05) is 6.92 Å². The van der Waals surface area contributed by atoms with Gasteiger partial charge in [0, 0.05) is 18.0 Å². The van der Waals surface area contributed by atoms with Gasteiger partial charge in [-0.2, -0.15) is 0 Å². The molecule has 1 aliphatic carbocycles. The Bertz CT molecular complexity index is 916. The third-order valence-corrected chi connectivity index (χ3v) is 5.67. The number of carbonyl (C=O) groups is 1. The molecule has 0 unspecified atom stereocenters. The van der Waals surface area contributed by atoms with Crippen molar-refractivity contribution in [2.75, 3.05) is 13.2 Å². The number of aliphatic hydroxyl groups is 1. The number of aromatic nitrogens is 4. The van der Waals surface area contributed by atoms with Gasteiger partial charge < -0.3 is 10.4 Å². The molecule has 126 valence electrons. The van der Waals surface area contributed by atoms with Crippen molar-refractivity contribution in [2.45, 2.75) is 38.5 Å². The van der Waals surface area contributed by atoms with E-state index >= 15 is 0 Å². The van der Waals surface area contributed by atoms with Gasteiger partial charge in [0.1, 0.15) is 11.2 Å². The zero-order valence-corrected chi connectivity index (χ0v) is 14.3. The lowest BCUT2D eigenvalue weighted by molar-refractivity contribution is 0.0941. The number of fused-ring (bicyclic) bond motifs is 5. The van der Waals surface area contributed by atoms with Gasteiger partial charge in [0.2, 0.25) is 5.82 Å². The van der Waals surface area contributed by atoms with Crippen LogP contribution in [0.1, 0.15) is 53.2 Å². The van der Waals surface area contributed by atoms with Gasteiger partial charge in [0.25, 0.3) is 5.91 Å². The first kappa shape index (κ1) is 15.5. The van der Waals surface area contributed by atoms with Gasteiger partial charge in [0.05, 0.1) is 5.39 Å². The van der Waals surface area contributed by atoms with E-state index < -0.39 is 0 Å². The molecular weight excluding hydrogens is 326 g/mol. The Morgan fingerprint density at radius 1 is 1.54 bits per heavy atom. The van der Waals surface area contributed by atoms with Crippen LogP contribution in [0.15, 0.2) is 6.33 Å². The molecule has 0 spiro atoms. The van der Waals surface area contributed by atoms with Crippen molar-refractivity contribution < 1.29 is 9.90 Å². The van der Waals surface area contributed by atoms with Crippen LogP contribution in [0.2, 0.25) is 0 Å². The lowest BCUT2D eigenvalue weighted by Gasteiger charge is -2.18. The van der Waals surface area contributed by atoms with Crippen molar-refractivity contribution in [2.24, 2.45) is 0 Å². The van der Waals surface area contributed by atoms with E-state index in [0.717, 1.165) is 16.6 Å². The third kappa shape index (κ3) is 2.46. The van der Waals surface area contributed by atoms with Gasteiger partial charge >= 0.3 is 0 Å². The fourth-order valence-electron chi connectivity index (χ4n) is 3.34. The molecule has 2 N–H and O–H groups in total. The van der Waals surface area contributed by atoms with Crippen LogP contribution >= 0.6 is 11.3 Å². The smallest absolute Gasteiger partial charge is 0.290 e. The van der Waals surface area contributed by atoms with Crippen LogP contribution in [0.5, 0.6) is 0 Å². The number of carbonyl (C=O) groups excluding carboxylic acids is 1. The molecule has 0 aliphatic heterocycles. The Morgan fingerprint density at radius 3 is 3.25 bits per heavy atom. The molecule has 0 saturated heterocycles. The number of aliphatic hydroxyl groups excluding tert-OH is 1. The molecule has 0 fully saturated rings. The Labute approximate surface area is 142 Å². The predicted octanol–water partition coefficient (Wildman–Crippen LogP) is 1.89. The maximum absolute atomic E-state index is 12.2. The van der Waals surface area contributed by atoms with Gasteiger partial charge in [0.15, 0.2) is 5.65 Å². The van der Waals surface area contributed by atoms with Crippen molar-refractivity contribution in [3.05, 3.63) is 22.6 Å². The Hall–Kier alpha value is -2.06. The average Bonchev–Trinajstić information content (AvgIpc) is 3.16. The molecule has 1 aliphatic rings. The van der Waals surface area contributed by atoms with E-state index in [1.165, 1.54) is 23.3 Å². The minimum Gasteiger partial charge on any atom is -0.396 e. The zero-order valence-electron chi connectivity index (χ0n) is 13.4. The van der Waals surface area contributed by atoms with Gasteiger partial charge in [-0.15, -0.1) is 16.4 Å². The highest BCUT2D eigenvalue weighted by Crippen LogP contribution is 2.42. The molecular formula is C16H19N5O2S. The maximum atomic E-state index is 12.2. The van der Waals surface area contributed by atoms with Crippen LogP contribution in [-0.4, -0.2) is 43.7 Å². The highest BCUT2D eigenvalue weighted by molar-refractivity contribution is 7.19. The summed E-state index contributed by atoms with van der Waals surface area (Å²) < 4.78 is 1.59. The summed E-state index contributed by atoms with van der Waals surface area (Å²) in [6.45, 7) is 2.69. The maximum Gasteiger partial charge on any atom is 0.290 e. The highest BCUT2D eigenvalue weighted by Gasteiger charge is 2.25. The average molecular weight is 345 g/mol. The molecule has 0 bridgehead atoms. The third-order valence-electron chi connectivity index (χ3n) is 4.50. The number of nitrogens with one attached hydrogen (secondary N) is 1. The van der Waals surface area contributed by atoms with Crippen molar-refractivity contribution in [3.63, 3.8) is 0 Å². The summed E-state index contributed by atoms with van der Waals surface area (Å²) in [7, 11) is 0. The molecule has 4 rings (SSSR count). The fraction of sp³-hybridized carbons (Fsp3) is 0.500. The largest absolute Gasteiger partial charge is 0.396 e. The summed E-state index contributed by atoms with van der Waals surface area (Å²) >= 11 is 1.73. The molecule has 0 saturated carbocycles. The molecule has 3 heterocycles. The normalized spacial score (nSPS) is 17.3. The Balaban J connectivity index is 1.80. The SMILES string of the molecule is C[C@@H]1CCCc2sc3ncn4nc(C(=O)NCCCO)nc4c3c21. The second kappa shape index (κ2) is 6.10. The Morgan fingerprint density at radius 2 is 2.42 bits per heavy atom. The Kier molecular flexibility index (Phi) is 3.93. The summed E-state index contributed by atoms with van der Waals surface area (Å²) in [6.07, 6.45) is 5.61. The van der Waals surface area contributed by atoms with Crippen molar-refractivity contribution in [1.82, 2.24) is 24.9 Å². The van der Waals surface area contributed by atoms with E-state index in [-0.39, 0.29) is 18.3 Å². The summed E-state index contributed by atoms with van der Waals surface area (Å²) in [6, 6.07) is 0. The molecule has 3 aromatic rings. The lowest BCUT2D eigenvalue weighted by Crippen LogP contribution is -2.26.